The molecule has 5 heteroatoms. The van der Waals surface area contributed by atoms with Crippen molar-refractivity contribution in [2.24, 2.45) is 0 Å². The fourth-order valence-corrected chi connectivity index (χ4v) is 3.42. The van der Waals surface area contributed by atoms with Gasteiger partial charge in [-0.05, 0) is 56.2 Å². The SMILES string of the molecule is Cc1ccc(NC(=O)Cc2cc(-c3ccc4c(c3)CC(C)O4)on2)c(C)c1. The van der Waals surface area contributed by atoms with Crippen LogP contribution in [0.1, 0.15) is 29.3 Å². The molecule has 3 aromatic rings. The summed E-state index contributed by atoms with van der Waals surface area (Å²) in [5, 5.41) is 6.99. The molecule has 0 spiro atoms. The predicted octanol–water partition coefficient (Wildman–Crippen LogP) is 4.46. The Kier molecular flexibility index (Phi) is 4.44. The van der Waals surface area contributed by atoms with Crippen molar-refractivity contribution in [3.05, 3.63) is 64.8 Å². The molecule has 0 saturated carbocycles. The van der Waals surface area contributed by atoms with E-state index in [1.54, 1.807) is 0 Å². The molecule has 0 saturated heterocycles. The van der Waals surface area contributed by atoms with Gasteiger partial charge in [-0.15, -0.1) is 0 Å². The molecule has 0 aliphatic carbocycles. The van der Waals surface area contributed by atoms with E-state index >= 15 is 0 Å². The number of rotatable bonds is 4. The number of hydrogen-bond donors (Lipinski definition) is 1. The monoisotopic (exact) mass is 362 g/mol. The van der Waals surface area contributed by atoms with Crippen molar-refractivity contribution in [3.63, 3.8) is 0 Å². The highest BCUT2D eigenvalue weighted by molar-refractivity contribution is 5.92. The molecule has 1 aromatic heterocycles. The van der Waals surface area contributed by atoms with Crippen molar-refractivity contribution in [3.8, 4) is 17.1 Å². The van der Waals surface area contributed by atoms with Gasteiger partial charge < -0.3 is 14.6 Å². The Balaban J connectivity index is 1.45. The standard InChI is InChI=1S/C22H22N2O3/c1-13-4-6-19(14(2)8-13)23-22(25)12-18-11-21(27-24-18)16-5-7-20-17(10-16)9-15(3)26-20/h4-8,10-11,15H,9,12H2,1-3H3,(H,23,25). The van der Waals surface area contributed by atoms with E-state index in [1.165, 1.54) is 11.1 Å². The zero-order chi connectivity index (χ0) is 19.0. The van der Waals surface area contributed by atoms with Gasteiger partial charge in [0.15, 0.2) is 5.76 Å². The molecule has 1 aliphatic rings. The van der Waals surface area contributed by atoms with Crippen LogP contribution in [0.5, 0.6) is 5.75 Å². The first-order chi connectivity index (χ1) is 13.0. The molecule has 5 nitrogen and oxygen atoms in total. The number of carbonyl (C=O) groups excluding carboxylic acids is 1. The number of aromatic nitrogens is 1. The van der Waals surface area contributed by atoms with Gasteiger partial charge in [0, 0.05) is 23.7 Å². The van der Waals surface area contributed by atoms with Crippen molar-refractivity contribution < 1.29 is 14.1 Å². The zero-order valence-corrected chi connectivity index (χ0v) is 15.7. The molecule has 1 aliphatic heterocycles. The Morgan fingerprint density at radius 1 is 1.19 bits per heavy atom. The number of ether oxygens (including phenoxy) is 1. The van der Waals surface area contributed by atoms with E-state index in [9.17, 15) is 4.79 Å². The van der Waals surface area contributed by atoms with Crippen molar-refractivity contribution in [2.75, 3.05) is 5.32 Å². The lowest BCUT2D eigenvalue weighted by Gasteiger charge is -2.08. The quantitative estimate of drug-likeness (QED) is 0.744. The van der Waals surface area contributed by atoms with Gasteiger partial charge in [0.25, 0.3) is 0 Å². The van der Waals surface area contributed by atoms with Crippen molar-refractivity contribution in [1.29, 1.82) is 0 Å². The Morgan fingerprint density at radius 3 is 2.85 bits per heavy atom. The maximum absolute atomic E-state index is 12.3. The van der Waals surface area contributed by atoms with Gasteiger partial charge in [-0.2, -0.15) is 0 Å². The summed E-state index contributed by atoms with van der Waals surface area (Å²) < 4.78 is 11.2. The minimum atomic E-state index is -0.113. The minimum absolute atomic E-state index is 0.113. The molecule has 27 heavy (non-hydrogen) atoms. The minimum Gasteiger partial charge on any atom is -0.490 e. The first-order valence-electron chi connectivity index (χ1n) is 9.10. The van der Waals surface area contributed by atoms with E-state index in [0.29, 0.717) is 11.5 Å². The summed E-state index contributed by atoms with van der Waals surface area (Å²) in [4.78, 5) is 12.3. The highest BCUT2D eigenvalue weighted by Gasteiger charge is 2.20. The van der Waals surface area contributed by atoms with Crippen LogP contribution in [0, 0.1) is 13.8 Å². The average Bonchev–Trinajstić information content (AvgIpc) is 3.22. The van der Waals surface area contributed by atoms with Crippen LogP contribution < -0.4 is 10.1 Å². The van der Waals surface area contributed by atoms with Crippen LogP contribution in [-0.4, -0.2) is 17.2 Å². The first kappa shape index (κ1) is 17.3. The molecule has 1 N–H and O–H groups in total. The zero-order valence-electron chi connectivity index (χ0n) is 15.7. The van der Waals surface area contributed by atoms with Gasteiger partial charge in [-0.1, -0.05) is 22.9 Å². The fourth-order valence-electron chi connectivity index (χ4n) is 3.42. The number of carbonyl (C=O) groups is 1. The molecule has 2 heterocycles. The molecule has 2 aromatic carbocycles. The summed E-state index contributed by atoms with van der Waals surface area (Å²) in [6, 6.07) is 13.8. The van der Waals surface area contributed by atoms with Gasteiger partial charge in [0.2, 0.25) is 5.91 Å². The molecule has 4 rings (SSSR count). The molecule has 0 bridgehead atoms. The van der Waals surface area contributed by atoms with Crippen molar-refractivity contribution in [1.82, 2.24) is 5.16 Å². The number of nitrogens with one attached hydrogen (secondary N) is 1. The second kappa shape index (κ2) is 6.91. The van der Waals surface area contributed by atoms with Crippen LogP contribution >= 0.6 is 0 Å². The van der Waals surface area contributed by atoms with E-state index in [0.717, 1.165) is 29.0 Å². The van der Waals surface area contributed by atoms with Gasteiger partial charge >= 0.3 is 0 Å². The molecule has 1 unspecified atom stereocenters. The third kappa shape index (κ3) is 3.72. The lowest BCUT2D eigenvalue weighted by Crippen LogP contribution is -2.15. The number of hydrogen-bond acceptors (Lipinski definition) is 4. The fraction of sp³-hybridized carbons (Fsp3) is 0.273. The summed E-state index contributed by atoms with van der Waals surface area (Å²) in [7, 11) is 0. The lowest BCUT2D eigenvalue weighted by atomic mass is 10.1. The number of fused-ring (bicyclic) bond motifs is 1. The first-order valence-corrected chi connectivity index (χ1v) is 9.10. The summed E-state index contributed by atoms with van der Waals surface area (Å²) >= 11 is 0. The smallest absolute Gasteiger partial charge is 0.230 e. The van der Waals surface area contributed by atoms with Crippen LogP contribution in [0.4, 0.5) is 5.69 Å². The molecular weight excluding hydrogens is 340 g/mol. The van der Waals surface area contributed by atoms with Crippen LogP contribution in [0.15, 0.2) is 47.0 Å². The largest absolute Gasteiger partial charge is 0.490 e. The highest BCUT2D eigenvalue weighted by Crippen LogP contribution is 2.33. The molecule has 138 valence electrons. The average molecular weight is 362 g/mol. The Bertz CT molecular complexity index is 1010. The maximum atomic E-state index is 12.3. The van der Waals surface area contributed by atoms with Gasteiger partial charge in [0.05, 0.1) is 12.1 Å². The maximum Gasteiger partial charge on any atom is 0.230 e. The summed E-state index contributed by atoms with van der Waals surface area (Å²) in [5.74, 6) is 1.48. The van der Waals surface area contributed by atoms with E-state index in [-0.39, 0.29) is 18.4 Å². The van der Waals surface area contributed by atoms with Crippen LogP contribution in [0.2, 0.25) is 0 Å². The van der Waals surface area contributed by atoms with E-state index in [2.05, 4.69) is 23.5 Å². The number of aryl methyl sites for hydroxylation is 2. The number of anilines is 1. The van der Waals surface area contributed by atoms with Crippen LogP contribution in [0.25, 0.3) is 11.3 Å². The third-order valence-electron chi connectivity index (χ3n) is 4.74. The third-order valence-corrected chi connectivity index (χ3v) is 4.74. The van der Waals surface area contributed by atoms with E-state index in [4.69, 9.17) is 9.26 Å². The summed E-state index contributed by atoms with van der Waals surface area (Å²) in [6.07, 6.45) is 1.26. The summed E-state index contributed by atoms with van der Waals surface area (Å²) in [5.41, 5.74) is 5.75. The Hall–Kier alpha value is -3.08. The molecule has 1 atom stereocenters. The van der Waals surface area contributed by atoms with Crippen LogP contribution in [-0.2, 0) is 17.6 Å². The second-order valence-electron chi connectivity index (χ2n) is 7.18. The second-order valence-corrected chi connectivity index (χ2v) is 7.18. The van der Waals surface area contributed by atoms with E-state index in [1.807, 2.05) is 50.2 Å². The van der Waals surface area contributed by atoms with Gasteiger partial charge in [0.1, 0.15) is 11.9 Å². The predicted molar refractivity (Wildman–Crippen MR) is 104 cm³/mol. The molecule has 0 fully saturated rings. The topological polar surface area (TPSA) is 64.4 Å². The van der Waals surface area contributed by atoms with Gasteiger partial charge in [-0.25, -0.2) is 0 Å². The van der Waals surface area contributed by atoms with Gasteiger partial charge in [-0.3, -0.25) is 4.79 Å². The number of nitrogens with zero attached hydrogens (tertiary/aromatic N) is 1. The van der Waals surface area contributed by atoms with Crippen LogP contribution in [0.3, 0.4) is 0 Å². The Morgan fingerprint density at radius 2 is 2.04 bits per heavy atom. The lowest BCUT2D eigenvalue weighted by molar-refractivity contribution is -0.115. The Labute approximate surface area is 158 Å². The molecular formula is C22H22N2O3. The number of benzene rings is 2. The normalized spacial score (nSPS) is 15.3. The molecule has 1 amide bonds. The highest BCUT2D eigenvalue weighted by atomic mass is 16.5. The number of amides is 1. The van der Waals surface area contributed by atoms with Crippen molar-refractivity contribution >= 4 is 11.6 Å². The molecule has 0 radical (unpaired) electrons. The summed E-state index contributed by atoms with van der Waals surface area (Å²) in [6.45, 7) is 6.07. The van der Waals surface area contributed by atoms with E-state index < -0.39 is 0 Å². The van der Waals surface area contributed by atoms with Crippen molar-refractivity contribution in [2.45, 2.75) is 39.7 Å².